The van der Waals surface area contributed by atoms with E-state index >= 15 is 0 Å². The Bertz CT molecular complexity index is 293. The van der Waals surface area contributed by atoms with Crippen LogP contribution in [0.5, 0.6) is 0 Å². The fraction of sp³-hybridized carbons (Fsp3) is 0.778. The van der Waals surface area contributed by atoms with E-state index in [1.54, 1.807) is 4.90 Å². The van der Waals surface area contributed by atoms with Crippen molar-refractivity contribution in [1.82, 2.24) is 9.80 Å². The molecule has 0 bridgehead atoms. The molecule has 1 N–H and O–H groups in total. The van der Waals surface area contributed by atoms with Crippen LogP contribution >= 0.6 is 11.8 Å². The number of aliphatic carboxylic acids is 1. The summed E-state index contributed by atoms with van der Waals surface area (Å²) in [6, 6.07) is -0.860. The number of carbonyl (C=O) groups is 2. The van der Waals surface area contributed by atoms with Crippen molar-refractivity contribution >= 4 is 23.8 Å². The second-order valence-corrected chi connectivity index (χ2v) is 4.71. The molecule has 1 atom stereocenters. The lowest BCUT2D eigenvalue weighted by Crippen LogP contribution is -2.51. The Morgan fingerprint density at radius 2 is 2.00 bits per heavy atom. The van der Waals surface area contributed by atoms with Gasteiger partial charge in [-0.25, -0.2) is 9.59 Å². The van der Waals surface area contributed by atoms with Gasteiger partial charge in [0.15, 0.2) is 0 Å². The number of urea groups is 1. The van der Waals surface area contributed by atoms with Crippen LogP contribution in [0, 0.1) is 0 Å². The molecule has 2 fully saturated rings. The molecule has 6 nitrogen and oxygen atoms in total. The number of morpholine rings is 1. The van der Waals surface area contributed by atoms with Gasteiger partial charge in [0.2, 0.25) is 0 Å². The molecule has 7 heteroatoms. The number of ether oxygens (including phenoxy) is 1. The van der Waals surface area contributed by atoms with Gasteiger partial charge >= 0.3 is 12.0 Å². The van der Waals surface area contributed by atoms with Crippen LogP contribution in [0.25, 0.3) is 0 Å². The van der Waals surface area contributed by atoms with Gasteiger partial charge < -0.3 is 19.6 Å². The summed E-state index contributed by atoms with van der Waals surface area (Å²) in [5, 5.41) is 8.98. The third-order valence-electron chi connectivity index (χ3n) is 2.69. The van der Waals surface area contributed by atoms with Gasteiger partial charge in [-0.15, -0.1) is 11.8 Å². The molecule has 0 aromatic carbocycles. The molecule has 16 heavy (non-hydrogen) atoms. The lowest BCUT2D eigenvalue weighted by molar-refractivity contribution is -0.141. The Kier molecular flexibility index (Phi) is 3.55. The topological polar surface area (TPSA) is 70.1 Å². The number of thioether (sulfide) groups is 1. The Morgan fingerprint density at radius 1 is 1.31 bits per heavy atom. The molecule has 0 spiro atoms. The number of hydrogen-bond acceptors (Lipinski definition) is 4. The van der Waals surface area contributed by atoms with Crippen LogP contribution in [0.2, 0.25) is 0 Å². The maximum atomic E-state index is 12.0. The molecule has 2 heterocycles. The summed E-state index contributed by atoms with van der Waals surface area (Å²) in [4.78, 5) is 26.1. The van der Waals surface area contributed by atoms with E-state index < -0.39 is 12.0 Å². The van der Waals surface area contributed by atoms with Crippen molar-refractivity contribution in [2.24, 2.45) is 0 Å². The van der Waals surface area contributed by atoms with E-state index in [9.17, 15) is 9.59 Å². The largest absolute Gasteiger partial charge is 0.480 e. The van der Waals surface area contributed by atoms with E-state index in [0.29, 0.717) is 37.9 Å². The van der Waals surface area contributed by atoms with Crippen molar-refractivity contribution in [3.8, 4) is 0 Å². The third kappa shape index (κ3) is 2.25. The second-order valence-electron chi connectivity index (χ2n) is 3.71. The standard InChI is InChI=1S/C9H14N2O4S/c12-8(13)7-5-16-6-11(7)9(14)10-1-3-15-4-2-10/h7H,1-6H2,(H,12,13)/t7-/m0/s1. The van der Waals surface area contributed by atoms with Gasteiger partial charge in [-0.1, -0.05) is 0 Å². The Morgan fingerprint density at radius 3 is 2.62 bits per heavy atom. The number of carboxylic acid groups (broad SMARTS) is 1. The fourth-order valence-electron chi connectivity index (χ4n) is 1.77. The molecule has 90 valence electrons. The zero-order valence-corrected chi connectivity index (χ0v) is 9.61. The molecule has 2 saturated heterocycles. The van der Waals surface area contributed by atoms with E-state index in [4.69, 9.17) is 9.84 Å². The van der Waals surface area contributed by atoms with Gasteiger partial charge in [0.1, 0.15) is 6.04 Å². The predicted molar refractivity (Wildman–Crippen MR) is 58.4 cm³/mol. The minimum atomic E-state index is -0.924. The summed E-state index contributed by atoms with van der Waals surface area (Å²) in [7, 11) is 0. The first-order valence-corrected chi connectivity index (χ1v) is 6.29. The molecule has 0 unspecified atom stereocenters. The summed E-state index contributed by atoms with van der Waals surface area (Å²) in [5.41, 5.74) is 0. The highest BCUT2D eigenvalue weighted by Crippen LogP contribution is 2.22. The van der Waals surface area contributed by atoms with Gasteiger partial charge in [0.05, 0.1) is 19.1 Å². The number of rotatable bonds is 1. The summed E-state index contributed by atoms with van der Waals surface area (Å²) >= 11 is 1.48. The minimum Gasteiger partial charge on any atom is -0.480 e. The smallest absolute Gasteiger partial charge is 0.327 e. The highest BCUT2D eigenvalue weighted by atomic mass is 32.2. The van der Waals surface area contributed by atoms with Crippen LogP contribution < -0.4 is 0 Å². The first kappa shape index (κ1) is 11.5. The molecule has 0 radical (unpaired) electrons. The summed E-state index contributed by atoms with van der Waals surface area (Å²) in [6.07, 6.45) is 0. The Labute approximate surface area is 97.5 Å². The highest BCUT2D eigenvalue weighted by Gasteiger charge is 2.36. The normalized spacial score (nSPS) is 25.9. The zero-order chi connectivity index (χ0) is 11.5. The molecule has 2 aliphatic rings. The highest BCUT2D eigenvalue weighted by molar-refractivity contribution is 7.99. The molecule has 0 aromatic heterocycles. The number of amides is 2. The van der Waals surface area contributed by atoms with Gasteiger partial charge in [-0.2, -0.15) is 0 Å². The Balaban J connectivity index is 1.99. The van der Waals surface area contributed by atoms with E-state index in [2.05, 4.69) is 0 Å². The van der Waals surface area contributed by atoms with Gasteiger partial charge in [0.25, 0.3) is 0 Å². The average Bonchev–Trinajstić information content (AvgIpc) is 2.78. The molecule has 2 amide bonds. The molecule has 0 aliphatic carbocycles. The lowest BCUT2D eigenvalue weighted by Gasteiger charge is -2.32. The van der Waals surface area contributed by atoms with Gasteiger partial charge in [0, 0.05) is 18.8 Å². The number of carbonyl (C=O) groups excluding carboxylic acids is 1. The summed E-state index contributed by atoms with van der Waals surface area (Å²) < 4.78 is 5.15. The van der Waals surface area contributed by atoms with Crippen molar-refractivity contribution in [3.05, 3.63) is 0 Å². The number of carboxylic acids is 1. The zero-order valence-electron chi connectivity index (χ0n) is 8.79. The fourth-order valence-corrected chi connectivity index (χ4v) is 2.91. The first-order valence-electron chi connectivity index (χ1n) is 5.14. The monoisotopic (exact) mass is 246 g/mol. The number of nitrogens with zero attached hydrogens (tertiary/aromatic N) is 2. The maximum absolute atomic E-state index is 12.0. The second kappa shape index (κ2) is 4.92. The van der Waals surface area contributed by atoms with Crippen molar-refractivity contribution in [3.63, 3.8) is 0 Å². The number of hydrogen-bond donors (Lipinski definition) is 1. The van der Waals surface area contributed by atoms with Crippen molar-refractivity contribution in [2.75, 3.05) is 37.9 Å². The lowest BCUT2D eigenvalue weighted by atomic mass is 10.3. The maximum Gasteiger partial charge on any atom is 0.327 e. The van der Waals surface area contributed by atoms with Crippen molar-refractivity contribution in [2.45, 2.75) is 6.04 Å². The van der Waals surface area contributed by atoms with E-state index in [0.717, 1.165) is 0 Å². The molecule has 0 saturated carbocycles. The quantitative estimate of drug-likeness (QED) is 0.699. The van der Waals surface area contributed by atoms with Crippen LogP contribution in [0.4, 0.5) is 4.79 Å². The van der Waals surface area contributed by atoms with Crippen LogP contribution in [0.1, 0.15) is 0 Å². The summed E-state index contributed by atoms with van der Waals surface area (Å²) in [5.74, 6) is 0.0186. The average molecular weight is 246 g/mol. The van der Waals surface area contributed by atoms with E-state index in [1.807, 2.05) is 0 Å². The Hall–Kier alpha value is -0.950. The van der Waals surface area contributed by atoms with Gasteiger partial charge in [-0.05, 0) is 0 Å². The molecule has 2 aliphatic heterocycles. The van der Waals surface area contributed by atoms with Gasteiger partial charge in [-0.3, -0.25) is 0 Å². The molecular weight excluding hydrogens is 232 g/mol. The predicted octanol–water partition coefficient (Wildman–Crippen LogP) is -0.102. The minimum absolute atomic E-state index is 0.180. The third-order valence-corrected chi connectivity index (χ3v) is 3.71. The van der Waals surface area contributed by atoms with Crippen LogP contribution in [0.3, 0.4) is 0 Å². The van der Waals surface area contributed by atoms with E-state index in [-0.39, 0.29) is 6.03 Å². The first-order chi connectivity index (χ1) is 7.70. The van der Waals surface area contributed by atoms with Crippen LogP contribution in [-0.2, 0) is 9.53 Å². The van der Waals surface area contributed by atoms with Crippen molar-refractivity contribution < 1.29 is 19.4 Å². The van der Waals surface area contributed by atoms with E-state index in [1.165, 1.54) is 16.7 Å². The molecule has 0 aromatic rings. The van der Waals surface area contributed by atoms with Crippen LogP contribution in [-0.4, -0.2) is 70.9 Å². The summed E-state index contributed by atoms with van der Waals surface area (Å²) in [6.45, 7) is 2.16. The molecule has 2 rings (SSSR count). The van der Waals surface area contributed by atoms with Crippen molar-refractivity contribution in [1.29, 1.82) is 0 Å². The molecular formula is C9H14N2O4S. The SMILES string of the molecule is O=C(O)[C@@H]1CSCN1C(=O)N1CCOCC1. The van der Waals surface area contributed by atoms with Crippen LogP contribution in [0.15, 0.2) is 0 Å².